The first kappa shape index (κ1) is 14.7. The van der Waals surface area contributed by atoms with Crippen molar-refractivity contribution in [2.45, 2.75) is 5.92 Å². The summed E-state index contributed by atoms with van der Waals surface area (Å²) in [6, 6.07) is 23.2. The molecule has 2 aromatic carbocycles. The maximum atomic E-state index is 4.94. The fourth-order valence-corrected chi connectivity index (χ4v) is 4.05. The summed E-state index contributed by atoms with van der Waals surface area (Å²) < 4.78 is 1.08. The van der Waals surface area contributed by atoms with Crippen molar-refractivity contribution in [2.75, 3.05) is 11.6 Å². The summed E-state index contributed by atoms with van der Waals surface area (Å²) in [6.45, 7) is 0.869. The van der Waals surface area contributed by atoms with E-state index in [0.717, 1.165) is 22.4 Å². The van der Waals surface area contributed by atoms with Crippen molar-refractivity contribution in [3.63, 3.8) is 0 Å². The molecule has 0 unspecified atom stereocenters. The Balaban J connectivity index is 1.75. The van der Waals surface area contributed by atoms with E-state index in [4.69, 9.17) is 5.10 Å². The van der Waals surface area contributed by atoms with Gasteiger partial charge in [0.15, 0.2) is 0 Å². The molecule has 2 nitrogen and oxygen atoms in total. The van der Waals surface area contributed by atoms with Gasteiger partial charge in [0.2, 0.25) is 0 Å². The van der Waals surface area contributed by atoms with E-state index in [1.807, 2.05) is 6.07 Å². The molecule has 4 heteroatoms. The normalized spacial score (nSPS) is 17.3. The number of hydrogen-bond donors (Lipinski definition) is 0. The Labute approximate surface area is 148 Å². The smallest absolute Gasteiger partial charge is 0.0874 e. The Kier molecular flexibility index (Phi) is 4.02. The highest BCUT2D eigenvalue weighted by Gasteiger charge is 2.30. The van der Waals surface area contributed by atoms with Crippen LogP contribution < -0.4 is 5.01 Å². The van der Waals surface area contributed by atoms with Crippen LogP contribution in [-0.4, -0.2) is 12.3 Å². The van der Waals surface area contributed by atoms with Crippen molar-refractivity contribution in [2.24, 2.45) is 5.10 Å². The number of halogens is 1. The molecule has 1 atom stereocenters. The predicted octanol–water partition coefficient (Wildman–Crippen LogP) is 5.52. The van der Waals surface area contributed by atoms with Gasteiger partial charge in [-0.1, -0.05) is 58.4 Å². The summed E-state index contributed by atoms with van der Waals surface area (Å²) in [5, 5.41) is 9.16. The van der Waals surface area contributed by atoms with Gasteiger partial charge in [0.05, 0.1) is 22.8 Å². The summed E-state index contributed by atoms with van der Waals surface area (Å²) in [5.41, 5.74) is 3.59. The number of anilines is 1. The SMILES string of the molecule is Brc1cccc(N2C[C@H](c3ccccc3)C(c3cccs3)=N2)c1. The molecule has 0 spiro atoms. The van der Waals surface area contributed by atoms with Crippen LogP contribution in [0.5, 0.6) is 0 Å². The van der Waals surface area contributed by atoms with Crippen molar-refractivity contribution in [3.05, 3.63) is 87.0 Å². The van der Waals surface area contributed by atoms with Gasteiger partial charge >= 0.3 is 0 Å². The van der Waals surface area contributed by atoms with Crippen molar-refractivity contribution < 1.29 is 0 Å². The van der Waals surface area contributed by atoms with Gasteiger partial charge < -0.3 is 0 Å². The molecule has 1 aliphatic heterocycles. The molecular formula is C19H15BrN2S. The van der Waals surface area contributed by atoms with Crippen LogP contribution in [-0.2, 0) is 0 Å². The van der Waals surface area contributed by atoms with Gasteiger partial charge in [-0.25, -0.2) is 0 Å². The second-order valence-corrected chi connectivity index (χ2v) is 7.35. The number of thiophene rings is 1. The lowest BCUT2D eigenvalue weighted by atomic mass is 9.94. The van der Waals surface area contributed by atoms with Gasteiger partial charge in [0, 0.05) is 10.4 Å². The Bertz CT molecular complexity index is 828. The zero-order valence-electron chi connectivity index (χ0n) is 12.4. The molecule has 114 valence electrons. The van der Waals surface area contributed by atoms with Crippen LogP contribution >= 0.6 is 27.3 Å². The van der Waals surface area contributed by atoms with E-state index >= 15 is 0 Å². The Morgan fingerprint density at radius 1 is 1.00 bits per heavy atom. The third kappa shape index (κ3) is 2.96. The molecular weight excluding hydrogens is 368 g/mol. The number of rotatable bonds is 3. The predicted molar refractivity (Wildman–Crippen MR) is 102 cm³/mol. The van der Waals surface area contributed by atoms with Crippen LogP contribution in [0.15, 0.2) is 81.7 Å². The zero-order valence-corrected chi connectivity index (χ0v) is 14.8. The third-order valence-electron chi connectivity index (χ3n) is 4.00. The van der Waals surface area contributed by atoms with Crippen molar-refractivity contribution in [3.8, 4) is 0 Å². The molecule has 0 saturated carbocycles. The third-order valence-corrected chi connectivity index (χ3v) is 5.38. The van der Waals surface area contributed by atoms with E-state index in [9.17, 15) is 0 Å². The number of hydrazone groups is 1. The largest absolute Gasteiger partial charge is 0.264 e. The molecule has 3 aromatic rings. The first-order valence-electron chi connectivity index (χ1n) is 7.52. The van der Waals surface area contributed by atoms with E-state index in [1.54, 1.807) is 11.3 Å². The lowest BCUT2D eigenvalue weighted by molar-refractivity contribution is 0.850. The van der Waals surface area contributed by atoms with Gasteiger partial charge in [-0.15, -0.1) is 11.3 Å². The minimum Gasteiger partial charge on any atom is -0.264 e. The summed E-state index contributed by atoms with van der Waals surface area (Å²) in [7, 11) is 0. The highest BCUT2D eigenvalue weighted by molar-refractivity contribution is 9.10. The van der Waals surface area contributed by atoms with Gasteiger partial charge in [-0.3, -0.25) is 5.01 Å². The van der Waals surface area contributed by atoms with E-state index in [-0.39, 0.29) is 0 Å². The Hall–Kier alpha value is -1.91. The van der Waals surface area contributed by atoms with Crippen LogP contribution in [0.25, 0.3) is 0 Å². The van der Waals surface area contributed by atoms with Gasteiger partial charge in [-0.05, 0) is 35.2 Å². The molecule has 23 heavy (non-hydrogen) atoms. The average molecular weight is 383 g/mol. The van der Waals surface area contributed by atoms with Crippen molar-refractivity contribution in [1.82, 2.24) is 0 Å². The molecule has 0 saturated heterocycles. The molecule has 2 heterocycles. The Morgan fingerprint density at radius 2 is 1.87 bits per heavy atom. The molecule has 0 radical (unpaired) electrons. The van der Waals surface area contributed by atoms with E-state index in [0.29, 0.717) is 5.92 Å². The highest BCUT2D eigenvalue weighted by atomic mass is 79.9. The first-order valence-corrected chi connectivity index (χ1v) is 9.19. The fourth-order valence-electron chi connectivity index (χ4n) is 2.89. The second kappa shape index (κ2) is 6.30. The van der Waals surface area contributed by atoms with Crippen molar-refractivity contribution in [1.29, 1.82) is 0 Å². The summed E-state index contributed by atoms with van der Waals surface area (Å²) in [4.78, 5) is 1.25. The molecule has 0 fully saturated rings. The standard InChI is InChI=1S/C19H15BrN2S/c20-15-8-4-9-16(12-15)22-13-17(14-6-2-1-3-7-14)19(21-22)18-10-5-11-23-18/h1-12,17H,13H2/t17-/m1/s1. The average Bonchev–Trinajstić information content (AvgIpc) is 3.25. The number of benzene rings is 2. The molecule has 0 bridgehead atoms. The lowest BCUT2D eigenvalue weighted by Gasteiger charge is -2.16. The minimum atomic E-state index is 0.300. The molecule has 1 aliphatic rings. The Morgan fingerprint density at radius 3 is 2.61 bits per heavy atom. The number of hydrogen-bond acceptors (Lipinski definition) is 3. The zero-order chi connectivity index (χ0) is 15.6. The molecule has 0 aliphatic carbocycles. The van der Waals surface area contributed by atoms with Crippen LogP contribution in [0.2, 0.25) is 0 Å². The van der Waals surface area contributed by atoms with E-state index in [1.165, 1.54) is 10.4 Å². The summed E-state index contributed by atoms with van der Waals surface area (Å²) in [5.74, 6) is 0.300. The van der Waals surface area contributed by atoms with Crippen LogP contribution in [0, 0.1) is 0 Å². The summed E-state index contributed by atoms with van der Waals surface area (Å²) >= 11 is 5.30. The second-order valence-electron chi connectivity index (χ2n) is 5.49. The maximum Gasteiger partial charge on any atom is 0.0874 e. The highest BCUT2D eigenvalue weighted by Crippen LogP contribution is 2.33. The van der Waals surface area contributed by atoms with Gasteiger partial charge in [-0.2, -0.15) is 5.10 Å². The lowest BCUT2D eigenvalue weighted by Crippen LogP contribution is -2.18. The van der Waals surface area contributed by atoms with E-state index in [2.05, 4.69) is 87.0 Å². The quantitative estimate of drug-likeness (QED) is 0.582. The van der Waals surface area contributed by atoms with Crippen molar-refractivity contribution >= 4 is 38.7 Å². The van der Waals surface area contributed by atoms with Gasteiger partial charge in [0.1, 0.15) is 0 Å². The fraction of sp³-hybridized carbons (Fsp3) is 0.105. The van der Waals surface area contributed by atoms with Crippen LogP contribution in [0.1, 0.15) is 16.4 Å². The first-order chi connectivity index (χ1) is 11.3. The molecule has 4 rings (SSSR count). The number of nitrogens with zero attached hydrogens (tertiary/aromatic N) is 2. The molecule has 0 N–H and O–H groups in total. The monoisotopic (exact) mass is 382 g/mol. The van der Waals surface area contributed by atoms with Crippen LogP contribution in [0.3, 0.4) is 0 Å². The van der Waals surface area contributed by atoms with Crippen LogP contribution in [0.4, 0.5) is 5.69 Å². The maximum absolute atomic E-state index is 4.94. The van der Waals surface area contributed by atoms with Gasteiger partial charge in [0.25, 0.3) is 0 Å². The van der Waals surface area contributed by atoms with E-state index < -0.39 is 0 Å². The summed E-state index contributed by atoms with van der Waals surface area (Å²) in [6.07, 6.45) is 0. The molecule has 1 aromatic heterocycles. The minimum absolute atomic E-state index is 0.300. The molecule has 0 amide bonds. The topological polar surface area (TPSA) is 15.6 Å².